The van der Waals surface area contributed by atoms with Crippen LogP contribution in [-0.4, -0.2) is 67.9 Å². The summed E-state index contributed by atoms with van der Waals surface area (Å²) in [6, 6.07) is -0.286. The fraction of sp³-hybridized carbons (Fsp3) is 0.846. The molecule has 0 radical (unpaired) electrons. The minimum atomic E-state index is -0.871. The maximum Gasteiger partial charge on any atom is 0.315 e. The van der Waals surface area contributed by atoms with E-state index < -0.39 is 11.5 Å². The maximum atomic E-state index is 11.8. The molecule has 1 rings (SSSR count). The van der Waals surface area contributed by atoms with Crippen molar-refractivity contribution >= 4 is 12.0 Å². The second-order valence-corrected chi connectivity index (χ2v) is 5.38. The molecule has 116 valence electrons. The minimum Gasteiger partial charge on any atom is -0.481 e. The Kier molecular flexibility index (Phi) is 6.74. The summed E-state index contributed by atoms with van der Waals surface area (Å²) in [5.41, 5.74) is -0.544. The molecule has 0 atom stereocenters. The fourth-order valence-corrected chi connectivity index (χ4v) is 2.24. The molecule has 0 bridgehead atoms. The molecule has 0 unspecified atom stereocenters. The van der Waals surface area contributed by atoms with E-state index in [0.717, 1.165) is 32.4 Å². The van der Waals surface area contributed by atoms with Crippen molar-refractivity contribution in [2.24, 2.45) is 0 Å². The van der Waals surface area contributed by atoms with Crippen molar-refractivity contribution in [1.29, 1.82) is 0 Å². The van der Waals surface area contributed by atoms with Crippen molar-refractivity contribution in [3.8, 4) is 0 Å². The highest BCUT2D eigenvalue weighted by Gasteiger charge is 2.40. The molecule has 2 amide bonds. The van der Waals surface area contributed by atoms with Gasteiger partial charge in [0.15, 0.2) is 0 Å². The van der Waals surface area contributed by atoms with Crippen LogP contribution in [0.5, 0.6) is 0 Å². The van der Waals surface area contributed by atoms with Crippen LogP contribution in [0.25, 0.3) is 0 Å². The number of carbonyl (C=O) groups is 2. The maximum absolute atomic E-state index is 11.8. The van der Waals surface area contributed by atoms with Gasteiger partial charge in [0.2, 0.25) is 0 Å². The van der Waals surface area contributed by atoms with Gasteiger partial charge in [-0.3, -0.25) is 4.79 Å². The molecule has 0 aromatic heterocycles. The zero-order valence-electron chi connectivity index (χ0n) is 12.3. The van der Waals surface area contributed by atoms with Gasteiger partial charge >= 0.3 is 12.0 Å². The number of rotatable bonds is 9. The summed E-state index contributed by atoms with van der Waals surface area (Å²) >= 11 is 0. The number of likely N-dealkylation sites (N-methyl/N-ethyl adjacent to an activating group) is 1. The highest BCUT2D eigenvalue weighted by molar-refractivity contribution is 5.77. The van der Waals surface area contributed by atoms with Gasteiger partial charge in [-0.25, -0.2) is 4.79 Å². The first-order chi connectivity index (χ1) is 9.47. The number of nitrogens with one attached hydrogen (secondary N) is 2. The van der Waals surface area contributed by atoms with Crippen LogP contribution in [0.15, 0.2) is 0 Å². The van der Waals surface area contributed by atoms with Crippen LogP contribution in [0.3, 0.4) is 0 Å². The number of carboxylic acid groups (broad SMARTS) is 1. The first kappa shape index (κ1) is 16.7. The lowest BCUT2D eigenvalue weighted by molar-refractivity contribution is -0.139. The van der Waals surface area contributed by atoms with Gasteiger partial charge < -0.3 is 25.4 Å². The van der Waals surface area contributed by atoms with Crippen LogP contribution >= 0.6 is 0 Å². The van der Waals surface area contributed by atoms with Gasteiger partial charge in [-0.2, -0.15) is 0 Å². The SMILES string of the molecule is COCCN(C)CCNC(=O)NC1(CC(=O)O)CCC1. The largest absolute Gasteiger partial charge is 0.481 e. The van der Waals surface area contributed by atoms with E-state index in [-0.39, 0.29) is 12.5 Å². The van der Waals surface area contributed by atoms with Crippen LogP contribution < -0.4 is 10.6 Å². The van der Waals surface area contributed by atoms with Gasteiger partial charge in [-0.05, 0) is 26.3 Å². The van der Waals surface area contributed by atoms with E-state index in [2.05, 4.69) is 15.5 Å². The zero-order valence-corrected chi connectivity index (χ0v) is 12.3. The lowest BCUT2D eigenvalue weighted by Crippen LogP contribution is -2.57. The van der Waals surface area contributed by atoms with Crippen LogP contribution in [-0.2, 0) is 9.53 Å². The van der Waals surface area contributed by atoms with E-state index in [9.17, 15) is 9.59 Å². The van der Waals surface area contributed by atoms with Crippen LogP contribution in [0.2, 0.25) is 0 Å². The second kappa shape index (κ2) is 8.06. The number of urea groups is 1. The van der Waals surface area contributed by atoms with Gasteiger partial charge in [0.25, 0.3) is 0 Å². The lowest BCUT2D eigenvalue weighted by atomic mass is 9.74. The van der Waals surface area contributed by atoms with Crippen molar-refractivity contribution in [2.75, 3.05) is 40.4 Å². The van der Waals surface area contributed by atoms with Crippen LogP contribution in [0, 0.1) is 0 Å². The van der Waals surface area contributed by atoms with E-state index in [0.29, 0.717) is 13.2 Å². The molecular weight excluding hydrogens is 262 g/mol. The summed E-state index contributed by atoms with van der Waals surface area (Å²) in [6.45, 7) is 2.71. The molecule has 0 spiro atoms. The van der Waals surface area contributed by atoms with E-state index >= 15 is 0 Å². The Morgan fingerprint density at radius 2 is 2.05 bits per heavy atom. The average molecular weight is 287 g/mol. The number of carbonyl (C=O) groups excluding carboxylic acids is 1. The third kappa shape index (κ3) is 5.75. The monoisotopic (exact) mass is 287 g/mol. The minimum absolute atomic E-state index is 0.00579. The van der Waals surface area contributed by atoms with Gasteiger partial charge in [0.1, 0.15) is 0 Å². The molecule has 1 aliphatic carbocycles. The zero-order chi connectivity index (χ0) is 15.0. The molecule has 20 heavy (non-hydrogen) atoms. The Morgan fingerprint density at radius 1 is 1.35 bits per heavy atom. The third-order valence-corrected chi connectivity index (χ3v) is 3.64. The summed E-state index contributed by atoms with van der Waals surface area (Å²) in [5.74, 6) is -0.871. The number of hydrogen-bond donors (Lipinski definition) is 3. The standard InChI is InChI=1S/C13H25N3O4/c1-16(8-9-20-2)7-6-14-12(19)15-13(4-3-5-13)10-11(17)18/h3-10H2,1-2H3,(H,17,18)(H2,14,15,19). The van der Waals surface area contributed by atoms with Crippen LogP contribution in [0.1, 0.15) is 25.7 Å². The molecule has 7 heteroatoms. The Labute approximate surface area is 119 Å². The Balaban J connectivity index is 2.21. The molecule has 0 aromatic rings. The van der Waals surface area contributed by atoms with Crippen molar-refractivity contribution in [1.82, 2.24) is 15.5 Å². The molecule has 0 aliphatic heterocycles. The molecule has 1 aliphatic rings. The lowest BCUT2D eigenvalue weighted by Gasteiger charge is -2.41. The Bertz CT molecular complexity index is 332. The average Bonchev–Trinajstić information content (AvgIpc) is 2.33. The summed E-state index contributed by atoms with van der Waals surface area (Å²) in [5, 5.41) is 14.4. The Morgan fingerprint density at radius 3 is 2.55 bits per heavy atom. The van der Waals surface area contributed by atoms with Gasteiger partial charge in [-0.15, -0.1) is 0 Å². The molecule has 0 aromatic carbocycles. The van der Waals surface area contributed by atoms with Gasteiger partial charge in [-0.1, -0.05) is 0 Å². The second-order valence-electron chi connectivity index (χ2n) is 5.38. The van der Waals surface area contributed by atoms with Crippen molar-refractivity contribution < 1.29 is 19.4 Å². The number of amides is 2. The molecule has 3 N–H and O–H groups in total. The van der Waals surface area contributed by atoms with Crippen molar-refractivity contribution in [3.63, 3.8) is 0 Å². The van der Waals surface area contributed by atoms with Crippen LogP contribution in [0.4, 0.5) is 4.79 Å². The first-order valence-electron chi connectivity index (χ1n) is 6.93. The Hall–Kier alpha value is -1.34. The summed E-state index contributed by atoms with van der Waals surface area (Å²) < 4.78 is 4.97. The number of hydrogen-bond acceptors (Lipinski definition) is 4. The molecule has 0 saturated heterocycles. The normalized spacial score (nSPS) is 16.6. The number of methoxy groups -OCH3 is 1. The topological polar surface area (TPSA) is 90.9 Å². The van der Waals surface area contributed by atoms with E-state index in [1.807, 2.05) is 7.05 Å². The number of ether oxygens (including phenoxy) is 1. The molecule has 1 fully saturated rings. The third-order valence-electron chi connectivity index (χ3n) is 3.64. The molecule has 1 saturated carbocycles. The molecular formula is C13H25N3O4. The summed E-state index contributed by atoms with van der Waals surface area (Å²) in [4.78, 5) is 24.6. The number of nitrogens with zero attached hydrogens (tertiary/aromatic N) is 1. The molecule has 7 nitrogen and oxygen atoms in total. The molecule has 0 heterocycles. The van der Waals surface area contributed by atoms with E-state index in [1.165, 1.54) is 0 Å². The van der Waals surface area contributed by atoms with Gasteiger partial charge in [0, 0.05) is 26.7 Å². The smallest absolute Gasteiger partial charge is 0.315 e. The predicted molar refractivity (Wildman–Crippen MR) is 74.7 cm³/mol. The summed E-state index contributed by atoms with van der Waals surface area (Å²) in [6.07, 6.45) is 2.43. The first-order valence-corrected chi connectivity index (χ1v) is 6.93. The summed E-state index contributed by atoms with van der Waals surface area (Å²) in [7, 11) is 3.61. The predicted octanol–water partition coefficient (Wildman–Crippen LogP) is 0.261. The van der Waals surface area contributed by atoms with Gasteiger partial charge in [0.05, 0.1) is 18.6 Å². The van der Waals surface area contributed by atoms with Crippen molar-refractivity contribution in [3.05, 3.63) is 0 Å². The number of aliphatic carboxylic acids is 1. The van der Waals surface area contributed by atoms with Crippen molar-refractivity contribution in [2.45, 2.75) is 31.2 Å². The van der Waals surface area contributed by atoms with E-state index in [1.54, 1.807) is 7.11 Å². The highest BCUT2D eigenvalue weighted by atomic mass is 16.5. The number of carboxylic acids is 1. The quantitative estimate of drug-likeness (QED) is 0.566. The highest BCUT2D eigenvalue weighted by Crippen LogP contribution is 2.34. The van der Waals surface area contributed by atoms with E-state index in [4.69, 9.17) is 9.84 Å². The fourth-order valence-electron chi connectivity index (χ4n) is 2.24.